The van der Waals surface area contributed by atoms with Gasteiger partial charge in [-0.1, -0.05) is 20.4 Å². The van der Waals surface area contributed by atoms with Gasteiger partial charge in [0.15, 0.2) is 5.69 Å². The number of nitrogens with one attached hydrogen (secondary N) is 3. The summed E-state index contributed by atoms with van der Waals surface area (Å²) in [5.41, 5.74) is 0.316. The molecule has 1 heterocycles. The third kappa shape index (κ3) is 6.37. The molecule has 1 fully saturated rings. The summed E-state index contributed by atoms with van der Waals surface area (Å²) in [4.78, 5) is 45.8. The number of rotatable bonds is 10. The SMILES string of the molecule is C=CC(=NC)C(NC(=O)c1ncccc1O)C(C)NC(=O)C(NC(=O)C(C)C)C1CC1. The van der Waals surface area contributed by atoms with Crippen molar-refractivity contribution < 1.29 is 19.5 Å². The van der Waals surface area contributed by atoms with Gasteiger partial charge in [-0.2, -0.15) is 0 Å². The van der Waals surface area contributed by atoms with Crippen LogP contribution in [0.15, 0.2) is 36.0 Å². The Labute approximate surface area is 182 Å². The maximum atomic E-state index is 13.0. The van der Waals surface area contributed by atoms with E-state index in [1.807, 2.05) is 0 Å². The zero-order chi connectivity index (χ0) is 23.1. The zero-order valence-corrected chi connectivity index (χ0v) is 18.4. The van der Waals surface area contributed by atoms with Crippen LogP contribution in [0.3, 0.4) is 0 Å². The summed E-state index contributed by atoms with van der Waals surface area (Å²) in [5, 5.41) is 18.4. The van der Waals surface area contributed by atoms with Crippen molar-refractivity contribution in [3.63, 3.8) is 0 Å². The predicted octanol–water partition coefficient (Wildman–Crippen LogP) is 1.20. The van der Waals surface area contributed by atoms with Crippen LogP contribution in [0, 0.1) is 11.8 Å². The maximum absolute atomic E-state index is 13.0. The average Bonchev–Trinajstić information content (AvgIpc) is 3.56. The van der Waals surface area contributed by atoms with E-state index in [0.717, 1.165) is 12.8 Å². The summed E-state index contributed by atoms with van der Waals surface area (Å²) in [7, 11) is 1.55. The summed E-state index contributed by atoms with van der Waals surface area (Å²) in [6.45, 7) is 8.99. The molecule has 1 aromatic heterocycles. The van der Waals surface area contributed by atoms with E-state index in [4.69, 9.17) is 0 Å². The third-order valence-corrected chi connectivity index (χ3v) is 5.14. The molecule has 31 heavy (non-hydrogen) atoms. The molecule has 3 unspecified atom stereocenters. The standard InChI is InChI=1S/C22H31N5O4/c1-6-15(23-5)17(26-22(31)19-16(28)8-7-11-24-19)13(4)25-21(30)18(14-9-10-14)27-20(29)12(2)3/h6-8,11-14,17-18,28H,1,9-10H2,2-5H3,(H,25,30)(H,26,31)(H,27,29). The molecular formula is C22H31N5O4. The van der Waals surface area contributed by atoms with Gasteiger partial charge >= 0.3 is 0 Å². The van der Waals surface area contributed by atoms with Gasteiger partial charge < -0.3 is 21.1 Å². The Balaban J connectivity index is 2.17. The molecule has 1 aliphatic rings. The Kier molecular flexibility index (Phi) is 8.30. The molecule has 1 aromatic rings. The Bertz CT molecular complexity index is 863. The molecule has 9 heteroatoms. The van der Waals surface area contributed by atoms with E-state index in [1.54, 1.807) is 27.8 Å². The Morgan fingerprint density at radius 2 is 1.87 bits per heavy atom. The summed E-state index contributed by atoms with van der Waals surface area (Å²) < 4.78 is 0. The third-order valence-electron chi connectivity index (χ3n) is 5.14. The molecule has 168 valence electrons. The monoisotopic (exact) mass is 429 g/mol. The molecule has 9 nitrogen and oxygen atoms in total. The van der Waals surface area contributed by atoms with Gasteiger partial charge in [0.25, 0.3) is 5.91 Å². The van der Waals surface area contributed by atoms with Gasteiger partial charge in [-0.3, -0.25) is 19.4 Å². The molecule has 2 rings (SSSR count). The molecule has 4 N–H and O–H groups in total. The largest absolute Gasteiger partial charge is 0.505 e. The molecule has 3 atom stereocenters. The highest BCUT2D eigenvalue weighted by Gasteiger charge is 2.39. The van der Waals surface area contributed by atoms with Crippen LogP contribution in [0.25, 0.3) is 0 Å². The topological polar surface area (TPSA) is 133 Å². The van der Waals surface area contributed by atoms with Crippen LogP contribution < -0.4 is 16.0 Å². The fourth-order valence-electron chi connectivity index (χ4n) is 3.14. The highest BCUT2D eigenvalue weighted by Crippen LogP contribution is 2.33. The number of hydrogen-bond acceptors (Lipinski definition) is 6. The normalized spacial score (nSPS) is 16.7. The molecule has 0 bridgehead atoms. The molecular weight excluding hydrogens is 398 g/mol. The van der Waals surface area contributed by atoms with Crippen molar-refractivity contribution in [2.45, 2.75) is 51.7 Å². The first kappa shape index (κ1) is 24.0. The number of aliphatic imine (C=N–C) groups is 1. The van der Waals surface area contributed by atoms with Crippen LogP contribution in [0.1, 0.15) is 44.1 Å². The van der Waals surface area contributed by atoms with E-state index in [1.165, 1.54) is 24.4 Å². The van der Waals surface area contributed by atoms with E-state index in [9.17, 15) is 19.5 Å². The van der Waals surface area contributed by atoms with Gasteiger partial charge in [-0.15, -0.1) is 0 Å². The number of aromatic hydroxyl groups is 1. The van der Waals surface area contributed by atoms with Crippen LogP contribution in [0.4, 0.5) is 0 Å². The molecule has 0 radical (unpaired) electrons. The number of carbonyl (C=O) groups is 3. The summed E-state index contributed by atoms with van der Waals surface area (Å²) in [6, 6.07) is 0.956. The van der Waals surface area contributed by atoms with Gasteiger partial charge in [0.1, 0.15) is 11.8 Å². The van der Waals surface area contributed by atoms with Crippen molar-refractivity contribution in [3.05, 3.63) is 36.7 Å². The molecule has 0 aromatic carbocycles. The first-order chi connectivity index (χ1) is 14.7. The van der Waals surface area contributed by atoms with Crippen molar-refractivity contribution in [1.82, 2.24) is 20.9 Å². The number of nitrogens with zero attached hydrogens (tertiary/aromatic N) is 2. The number of hydrogen-bond donors (Lipinski definition) is 4. The predicted molar refractivity (Wildman–Crippen MR) is 118 cm³/mol. The van der Waals surface area contributed by atoms with E-state index in [-0.39, 0.29) is 35.1 Å². The van der Waals surface area contributed by atoms with Crippen molar-refractivity contribution in [2.24, 2.45) is 16.8 Å². The fourth-order valence-corrected chi connectivity index (χ4v) is 3.14. The van der Waals surface area contributed by atoms with Gasteiger partial charge in [0.05, 0.1) is 17.8 Å². The Hall–Kier alpha value is -3.23. The minimum atomic E-state index is -0.721. The molecule has 0 aliphatic heterocycles. The quantitative estimate of drug-likeness (QED) is 0.415. The lowest BCUT2D eigenvalue weighted by atomic mass is 10.0. The number of carbonyl (C=O) groups excluding carboxylic acids is 3. The van der Waals surface area contributed by atoms with Gasteiger partial charge in [0.2, 0.25) is 11.8 Å². The lowest BCUT2D eigenvalue weighted by Crippen LogP contribution is -2.58. The van der Waals surface area contributed by atoms with E-state index >= 15 is 0 Å². The lowest BCUT2D eigenvalue weighted by molar-refractivity contribution is -0.131. The molecule has 1 saturated carbocycles. The van der Waals surface area contributed by atoms with Crippen molar-refractivity contribution in [2.75, 3.05) is 7.05 Å². The minimum Gasteiger partial charge on any atom is -0.505 e. The molecule has 0 saturated heterocycles. The van der Waals surface area contributed by atoms with E-state index in [0.29, 0.717) is 5.71 Å². The first-order valence-electron chi connectivity index (χ1n) is 10.3. The van der Waals surface area contributed by atoms with Crippen LogP contribution >= 0.6 is 0 Å². The molecule has 0 spiro atoms. The van der Waals surface area contributed by atoms with Crippen LogP contribution in [0.5, 0.6) is 5.75 Å². The minimum absolute atomic E-state index is 0.104. The zero-order valence-electron chi connectivity index (χ0n) is 18.4. The maximum Gasteiger partial charge on any atom is 0.274 e. The van der Waals surface area contributed by atoms with E-state index < -0.39 is 24.0 Å². The second-order valence-electron chi connectivity index (χ2n) is 7.95. The fraction of sp³-hybridized carbons (Fsp3) is 0.500. The Morgan fingerprint density at radius 1 is 1.19 bits per heavy atom. The summed E-state index contributed by atoms with van der Waals surface area (Å²) in [6.07, 6.45) is 4.64. The first-order valence-corrected chi connectivity index (χ1v) is 10.3. The average molecular weight is 430 g/mol. The highest BCUT2D eigenvalue weighted by molar-refractivity contribution is 6.04. The summed E-state index contributed by atoms with van der Waals surface area (Å²) >= 11 is 0. The number of pyridine rings is 1. The molecule has 3 amide bonds. The van der Waals surface area contributed by atoms with Crippen molar-refractivity contribution in [1.29, 1.82) is 0 Å². The van der Waals surface area contributed by atoms with Crippen LogP contribution in [0.2, 0.25) is 0 Å². The molecule has 1 aliphatic carbocycles. The summed E-state index contributed by atoms with van der Waals surface area (Å²) in [5.74, 6) is -1.50. The number of aromatic nitrogens is 1. The van der Waals surface area contributed by atoms with Crippen molar-refractivity contribution >= 4 is 23.4 Å². The van der Waals surface area contributed by atoms with Gasteiger partial charge in [-0.05, 0) is 43.9 Å². The Morgan fingerprint density at radius 3 is 2.39 bits per heavy atom. The smallest absolute Gasteiger partial charge is 0.274 e. The lowest BCUT2D eigenvalue weighted by Gasteiger charge is -2.28. The van der Waals surface area contributed by atoms with Crippen molar-refractivity contribution in [3.8, 4) is 5.75 Å². The van der Waals surface area contributed by atoms with Gasteiger partial charge in [-0.25, -0.2) is 4.98 Å². The van der Waals surface area contributed by atoms with Crippen LogP contribution in [-0.2, 0) is 9.59 Å². The second-order valence-corrected chi connectivity index (χ2v) is 7.95. The second kappa shape index (κ2) is 10.7. The van der Waals surface area contributed by atoms with E-state index in [2.05, 4.69) is 32.5 Å². The number of amides is 3. The van der Waals surface area contributed by atoms with Gasteiger partial charge in [0, 0.05) is 19.2 Å². The highest BCUT2D eigenvalue weighted by atomic mass is 16.3. The van der Waals surface area contributed by atoms with Crippen LogP contribution in [-0.4, -0.2) is 58.7 Å².